The van der Waals surface area contributed by atoms with Crippen LogP contribution in [-0.4, -0.2) is 29.5 Å². The molecule has 0 atom stereocenters. The van der Waals surface area contributed by atoms with E-state index in [-0.39, 0.29) is 0 Å². The van der Waals surface area contributed by atoms with Gasteiger partial charge in [0.1, 0.15) is 5.82 Å². The van der Waals surface area contributed by atoms with Crippen LogP contribution in [0.3, 0.4) is 0 Å². The first-order valence-corrected chi connectivity index (χ1v) is 7.50. The van der Waals surface area contributed by atoms with E-state index in [1.165, 1.54) is 31.5 Å². The van der Waals surface area contributed by atoms with Crippen LogP contribution in [0.4, 0.5) is 5.82 Å². The third-order valence-corrected chi connectivity index (χ3v) is 4.00. The lowest BCUT2D eigenvalue weighted by molar-refractivity contribution is 0.127. The summed E-state index contributed by atoms with van der Waals surface area (Å²) in [4.78, 5) is 6.92. The maximum Gasteiger partial charge on any atom is 0.126 e. The lowest BCUT2D eigenvalue weighted by atomic mass is 9.82. The maximum absolute atomic E-state index is 4.36. The SMILES string of the molecule is CCCNc1cc(CN2CCC(C)(C)CC2)ccn1. The van der Waals surface area contributed by atoms with Crippen molar-refractivity contribution < 1.29 is 0 Å². The summed E-state index contributed by atoms with van der Waals surface area (Å²) in [6.07, 6.45) is 5.66. The number of pyridine rings is 1. The van der Waals surface area contributed by atoms with Crippen molar-refractivity contribution in [2.75, 3.05) is 25.0 Å². The molecule has 1 aromatic rings. The highest BCUT2D eigenvalue weighted by atomic mass is 15.1. The lowest BCUT2D eigenvalue weighted by Gasteiger charge is -2.36. The maximum atomic E-state index is 4.36. The molecule has 1 N–H and O–H groups in total. The van der Waals surface area contributed by atoms with Crippen LogP contribution in [0, 0.1) is 5.41 Å². The van der Waals surface area contributed by atoms with E-state index in [0.717, 1.165) is 25.3 Å². The van der Waals surface area contributed by atoms with Crippen LogP contribution >= 0.6 is 0 Å². The van der Waals surface area contributed by atoms with Gasteiger partial charge in [0.2, 0.25) is 0 Å². The number of hydrogen-bond donors (Lipinski definition) is 1. The third-order valence-electron chi connectivity index (χ3n) is 4.00. The summed E-state index contributed by atoms with van der Waals surface area (Å²) in [5.74, 6) is 1.01. The number of anilines is 1. The van der Waals surface area contributed by atoms with Gasteiger partial charge in [-0.05, 0) is 55.5 Å². The Bertz CT molecular complexity index is 391. The van der Waals surface area contributed by atoms with Gasteiger partial charge in [0.25, 0.3) is 0 Å². The molecule has 0 bridgehead atoms. The minimum atomic E-state index is 0.530. The molecule has 19 heavy (non-hydrogen) atoms. The first-order chi connectivity index (χ1) is 9.09. The zero-order chi connectivity index (χ0) is 13.7. The van der Waals surface area contributed by atoms with Crippen LogP contribution in [0.15, 0.2) is 18.3 Å². The Labute approximate surface area is 117 Å². The fraction of sp³-hybridized carbons (Fsp3) is 0.688. The average Bonchev–Trinajstić information content (AvgIpc) is 2.39. The van der Waals surface area contributed by atoms with E-state index < -0.39 is 0 Å². The van der Waals surface area contributed by atoms with Gasteiger partial charge in [-0.2, -0.15) is 0 Å². The van der Waals surface area contributed by atoms with E-state index in [4.69, 9.17) is 0 Å². The second-order valence-electron chi connectivity index (χ2n) is 6.42. The molecule has 0 unspecified atom stereocenters. The molecule has 0 amide bonds. The van der Waals surface area contributed by atoms with Gasteiger partial charge in [-0.1, -0.05) is 20.8 Å². The van der Waals surface area contributed by atoms with Gasteiger partial charge in [-0.15, -0.1) is 0 Å². The number of rotatable bonds is 5. The Kier molecular flexibility index (Phi) is 4.81. The summed E-state index contributed by atoms with van der Waals surface area (Å²) in [6, 6.07) is 4.33. The van der Waals surface area contributed by atoms with Crippen LogP contribution in [-0.2, 0) is 6.54 Å². The molecule has 1 aromatic heterocycles. The summed E-state index contributed by atoms with van der Waals surface area (Å²) >= 11 is 0. The fourth-order valence-electron chi connectivity index (χ4n) is 2.50. The van der Waals surface area contributed by atoms with Gasteiger partial charge < -0.3 is 5.32 Å². The minimum Gasteiger partial charge on any atom is -0.370 e. The Morgan fingerprint density at radius 3 is 2.74 bits per heavy atom. The Morgan fingerprint density at radius 1 is 1.32 bits per heavy atom. The van der Waals surface area contributed by atoms with Crippen molar-refractivity contribution in [3.05, 3.63) is 23.9 Å². The summed E-state index contributed by atoms with van der Waals surface area (Å²) in [6.45, 7) is 11.4. The standard InChI is InChI=1S/C16H27N3/c1-4-8-17-15-12-14(5-9-18-15)13-19-10-6-16(2,3)7-11-19/h5,9,12H,4,6-8,10-11,13H2,1-3H3,(H,17,18). The molecule has 106 valence electrons. The van der Waals surface area contributed by atoms with Gasteiger partial charge in [-0.3, -0.25) is 4.90 Å². The number of aromatic nitrogens is 1. The van der Waals surface area contributed by atoms with E-state index in [2.05, 4.69) is 48.1 Å². The normalized spacial score (nSPS) is 19.3. The van der Waals surface area contributed by atoms with Crippen molar-refractivity contribution in [1.82, 2.24) is 9.88 Å². The van der Waals surface area contributed by atoms with E-state index in [0.29, 0.717) is 5.41 Å². The second-order valence-corrected chi connectivity index (χ2v) is 6.42. The molecule has 1 aliphatic heterocycles. The molecule has 0 radical (unpaired) electrons. The Morgan fingerprint density at radius 2 is 2.05 bits per heavy atom. The summed E-state index contributed by atoms with van der Waals surface area (Å²) in [5, 5.41) is 3.36. The fourth-order valence-corrected chi connectivity index (χ4v) is 2.50. The first-order valence-electron chi connectivity index (χ1n) is 7.50. The Balaban J connectivity index is 1.89. The van der Waals surface area contributed by atoms with E-state index in [1.54, 1.807) is 0 Å². The number of piperidine rings is 1. The summed E-state index contributed by atoms with van der Waals surface area (Å²) < 4.78 is 0. The third kappa shape index (κ3) is 4.50. The molecule has 1 saturated heterocycles. The van der Waals surface area contributed by atoms with Crippen LogP contribution in [0.25, 0.3) is 0 Å². The highest BCUT2D eigenvalue weighted by Crippen LogP contribution is 2.30. The van der Waals surface area contributed by atoms with Gasteiger partial charge in [0.15, 0.2) is 0 Å². The highest BCUT2D eigenvalue weighted by Gasteiger charge is 2.25. The number of nitrogens with zero attached hydrogens (tertiary/aromatic N) is 2. The quantitative estimate of drug-likeness (QED) is 0.879. The smallest absolute Gasteiger partial charge is 0.126 e. The average molecular weight is 261 g/mol. The molecular weight excluding hydrogens is 234 g/mol. The number of nitrogens with one attached hydrogen (secondary N) is 1. The van der Waals surface area contributed by atoms with E-state index >= 15 is 0 Å². The molecule has 3 heteroatoms. The topological polar surface area (TPSA) is 28.2 Å². The van der Waals surface area contributed by atoms with E-state index in [9.17, 15) is 0 Å². The van der Waals surface area contributed by atoms with Gasteiger partial charge in [0.05, 0.1) is 0 Å². The molecule has 0 saturated carbocycles. The van der Waals surface area contributed by atoms with Crippen molar-refractivity contribution in [1.29, 1.82) is 0 Å². The Hall–Kier alpha value is -1.09. The van der Waals surface area contributed by atoms with Crippen molar-refractivity contribution in [2.24, 2.45) is 5.41 Å². The monoisotopic (exact) mass is 261 g/mol. The van der Waals surface area contributed by atoms with Crippen molar-refractivity contribution in [2.45, 2.75) is 46.6 Å². The predicted octanol–water partition coefficient (Wildman–Crippen LogP) is 3.53. The van der Waals surface area contributed by atoms with Gasteiger partial charge in [-0.25, -0.2) is 4.98 Å². The van der Waals surface area contributed by atoms with Crippen molar-refractivity contribution >= 4 is 5.82 Å². The molecule has 2 heterocycles. The molecule has 1 fully saturated rings. The van der Waals surface area contributed by atoms with Crippen LogP contribution in [0.5, 0.6) is 0 Å². The van der Waals surface area contributed by atoms with Gasteiger partial charge in [0, 0.05) is 19.3 Å². The van der Waals surface area contributed by atoms with Gasteiger partial charge >= 0.3 is 0 Å². The molecule has 0 aliphatic carbocycles. The number of likely N-dealkylation sites (tertiary alicyclic amines) is 1. The lowest BCUT2D eigenvalue weighted by Crippen LogP contribution is -2.36. The molecule has 3 nitrogen and oxygen atoms in total. The molecule has 2 rings (SSSR count). The van der Waals surface area contributed by atoms with Crippen molar-refractivity contribution in [3.8, 4) is 0 Å². The molecule has 0 spiro atoms. The largest absolute Gasteiger partial charge is 0.370 e. The summed E-state index contributed by atoms with van der Waals surface area (Å²) in [7, 11) is 0. The van der Waals surface area contributed by atoms with Crippen molar-refractivity contribution in [3.63, 3.8) is 0 Å². The predicted molar refractivity (Wildman–Crippen MR) is 81.3 cm³/mol. The zero-order valence-corrected chi connectivity index (χ0v) is 12.6. The first kappa shape index (κ1) is 14.3. The van der Waals surface area contributed by atoms with Crippen LogP contribution < -0.4 is 5.32 Å². The minimum absolute atomic E-state index is 0.530. The zero-order valence-electron chi connectivity index (χ0n) is 12.6. The summed E-state index contributed by atoms with van der Waals surface area (Å²) in [5.41, 5.74) is 1.90. The number of hydrogen-bond acceptors (Lipinski definition) is 3. The molecular formula is C16H27N3. The molecule has 0 aromatic carbocycles. The van der Waals surface area contributed by atoms with Crippen LogP contribution in [0.1, 0.15) is 45.6 Å². The highest BCUT2D eigenvalue weighted by molar-refractivity contribution is 5.37. The molecule has 1 aliphatic rings. The van der Waals surface area contributed by atoms with Crippen LogP contribution in [0.2, 0.25) is 0 Å². The second kappa shape index (κ2) is 6.38. The van der Waals surface area contributed by atoms with E-state index in [1.807, 2.05) is 6.20 Å².